The van der Waals surface area contributed by atoms with Crippen LogP contribution < -0.4 is 10.2 Å². The molecular weight excluding hydrogens is 218 g/mol. The van der Waals surface area contributed by atoms with Crippen molar-refractivity contribution in [3.05, 3.63) is 34.4 Å². The van der Waals surface area contributed by atoms with Crippen molar-refractivity contribution in [1.82, 2.24) is 5.32 Å². The van der Waals surface area contributed by atoms with Crippen LogP contribution in [0.3, 0.4) is 0 Å². The molecule has 2 aliphatic rings. The van der Waals surface area contributed by atoms with Gasteiger partial charge in [-0.05, 0) is 17.9 Å². The molecule has 0 spiro atoms. The Morgan fingerprint density at radius 1 is 1.29 bits per heavy atom. The zero-order valence-corrected chi connectivity index (χ0v) is 9.50. The molecule has 0 aromatic heterocycles. The highest BCUT2D eigenvalue weighted by Crippen LogP contribution is 2.31. The summed E-state index contributed by atoms with van der Waals surface area (Å²) in [5.41, 5.74) is 1.16. The maximum atomic E-state index is 10.7. The maximum absolute atomic E-state index is 10.7. The lowest BCUT2D eigenvalue weighted by molar-refractivity contribution is -0.384. The summed E-state index contributed by atoms with van der Waals surface area (Å²) in [6.45, 7) is 4.18. The van der Waals surface area contributed by atoms with Gasteiger partial charge in [-0.1, -0.05) is 6.07 Å². The first-order valence-corrected chi connectivity index (χ1v) is 5.94. The predicted molar refractivity (Wildman–Crippen MR) is 65.2 cm³/mol. The minimum atomic E-state index is -0.331. The van der Waals surface area contributed by atoms with Gasteiger partial charge in [0, 0.05) is 44.0 Å². The van der Waals surface area contributed by atoms with E-state index in [4.69, 9.17) is 0 Å². The van der Waals surface area contributed by atoms with E-state index >= 15 is 0 Å². The van der Waals surface area contributed by atoms with Gasteiger partial charge in [0.1, 0.15) is 0 Å². The molecule has 90 valence electrons. The van der Waals surface area contributed by atoms with Crippen LogP contribution in [0.1, 0.15) is 0 Å². The molecule has 2 atom stereocenters. The summed E-state index contributed by atoms with van der Waals surface area (Å²) in [4.78, 5) is 12.7. The van der Waals surface area contributed by atoms with E-state index in [0.29, 0.717) is 11.8 Å². The molecule has 0 radical (unpaired) electrons. The van der Waals surface area contributed by atoms with Crippen LogP contribution in [0.2, 0.25) is 0 Å². The Balaban J connectivity index is 1.81. The number of anilines is 1. The Labute approximate surface area is 99.6 Å². The van der Waals surface area contributed by atoms with Gasteiger partial charge in [-0.2, -0.15) is 0 Å². The third-order valence-electron chi connectivity index (χ3n) is 3.80. The number of nitro groups is 1. The first-order chi connectivity index (χ1) is 8.24. The fourth-order valence-electron chi connectivity index (χ4n) is 2.87. The SMILES string of the molecule is O=[N+]([O-])c1cccc(N2C[C@H]3CNC[C@H]3C2)c1. The van der Waals surface area contributed by atoms with E-state index in [1.165, 1.54) is 0 Å². The molecule has 1 N–H and O–H groups in total. The molecule has 3 rings (SSSR count). The van der Waals surface area contributed by atoms with Crippen molar-refractivity contribution in [3.63, 3.8) is 0 Å². The van der Waals surface area contributed by atoms with Gasteiger partial charge in [0.25, 0.3) is 5.69 Å². The number of rotatable bonds is 2. The highest BCUT2D eigenvalue weighted by molar-refractivity contribution is 5.54. The molecule has 0 bridgehead atoms. The second-order valence-corrected chi connectivity index (χ2v) is 4.86. The lowest BCUT2D eigenvalue weighted by atomic mass is 10.0. The highest BCUT2D eigenvalue weighted by atomic mass is 16.6. The molecule has 0 amide bonds. The van der Waals surface area contributed by atoms with Crippen molar-refractivity contribution in [2.24, 2.45) is 11.8 Å². The summed E-state index contributed by atoms with van der Waals surface area (Å²) in [5.74, 6) is 1.41. The van der Waals surface area contributed by atoms with Gasteiger partial charge in [-0.25, -0.2) is 0 Å². The summed E-state index contributed by atoms with van der Waals surface area (Å²) in [7, 11) is 0. The van der Waals surface area contributed by atoms with Crippen molar-refractivity contribution < 1.29 is 4.92 Å². The summed E-state index contributed by atoms with van der Waals surface area (Å²) < 4.78 is 0. The summed E-state index contributed by atoms with van der Waals surface area (Å²) in [6, 6.07) is 6.94. The van der Waals surface area contributed by atoms with E-state index in [9.17, 15) is 10.1 Å². The third-order valence-corrected chi connectivity index (χ3v) is 3.80. The van der Waals surface area contributed by atoms with Crippen LogP contribution in [0.15, 0.2) is 24.3 Å². The number of nitrogens with one attached hydrogen (secondary N) is 1. The van der Waals surface area contributed by atoms with Crippen LogP contribution in [0.5, 0.6) is 0 Å². The molecule has 1 aromatic rings. The number of non-ortho nitro benzene ring substituents is 1. The average Bonchev–Trinajstić information content (AvgIpc) is 2.89. The van der Waals surface area contributed by atoms with Crippen molar-refractivity contribution >= 4 is 11.4 Å². The molecule has 1 aromatic carbocycles. The minimum Gasteiger partial charge on any atom is -0.371 e. The van der Waals surface area contributed by atoms with Crippen molar-refractivity contribution in [1.29, 1.82) is 0 Å². The van der Waals surface area contributed by atoms with E-state index < -0.39 is 0 Å². The zero-order chi connectivity index (χ0) is 11.8. The predicted octanol–water partition coefficient (Wildman–Crippen LogP) is 1.25. The van der Waals surface area contributed by atoms with Crippen LogP contribution in [0, 0.1) is 22.0 Å². The Morgan fingerprint density at radius 3 is 2.65 bits per heavy atom. The molecule has 5 nitrogen and oxygen atoms in total. The smallest absolute Gasteiger partial charge is 0.271 e. The van der Waals surface area contributed by atoms with Gasteiger partial charge in [-0.15, -0.1) is 0 Å². The molecule has 2 saturated heterocycles. The van der Waals surface area contributed by atoms with E-state index in [1.807, 2.05) is 6.07 Å². The average molecular weight is 233 g/mol. The van der Waals surface area contributed by atoms with Crippen molar-refractivity contribution in [2.45, 2.75) is 0 Å². The van der Waals surface area contributed by atoms with Crippen LogP contribution in [-0.4, -0.2) is 31.1 Å². The van der Waals surface area contributed by atoms with Gasteiger partial charge in [0.15, 0.2) is 0 Å². The monoisotopic (exact) mass is 233 g/mol. The third kappa shape index (κ3) is 1.86. The molecule has 17 heavy (non-hydrogen) atoms. The lowest BCUT2D eigenvalue weighted by Gasteiger charge is -2.19. The van der Waals surface area contributed by atoms with Crippen molar-refractivity contribution in [2.75, 3.05) is 31.1 Å². The summed E-state index contributed by atoms with van der Waals surface area (Å²) in [5, 5.41) is 14.1. The number of nitrogens with zero attached hydrogens (tertiary/aromatic N) is 2. The van der Waals surface area contributed by atoms with Gasteiger partial charge >= 0.3 is 0 Å². The molecule has 2 aliphatic heterocycles. The molecule has 2 heterocycles. The Bertz CT molecular complexity index is 437. The fourth-order valence-corrected chi connectivity index (χ4v) is 2.87. The molecule has 0 saturated carbocycles. The van der Waals surface area contributed by atoms with Crippen LogP contribution in [0.4, 0.5) is 11.4 Å². The van der Waals surface area contributed by atoms with Crippen LogP contribution in [0.25, 0.3) is 0 Å². The summed E-state index contributed by atoms with van der Waals surface area (Å²) >= 11 is 0. The Kier molecular flexibility index (Phi) is 2.48. The maximum Gasteiger partial charge on any atom is 0.271 e. The topological polar surface area (TPSA) is 58.4 Å². The van der Waals surface area contributed by atoms with E-state index in [0.717, 1.165) is 31.9 Å². The standard InChI is InChI=1S/C12H15N3O2/c16-15(17)12-3-1-2-11(4-12)14-7-9-5-13-6-10(9)8-14/h1-4,9-10,13H,5-8H2/t9-,10+. The van der Waals surface area contributed by atoms with E-state index in [2.05, 4.69) is 10.2 Å². The largest absolute Gasteiger partial charge is 0.371 e. The van der Waals surface area contributed by atoms with E-state index in [-0.39, 0.29) is 10.6 Å². The fraction of sp³-hybridized carbons (Fsp3) is 0.500. The van der Waals surface area contributed by atoms with Gasteiger partial charge in [0.05, 0.1) is 4.92 Å². The molecular formula is C12H15N3O2. The second-order valence-electron chi connectivity index (χ2n) is 4.86. The number of hydrogen-bond acceptors (Lipinski definition) is 4. The van der Waals surface area contributed by atoms with Crippen molar-refractivity contribution in [3.8, 4) is 0 Å². The van der Waals surface area contributed by atoms with Gasteiger partial charge < -0.3 is 10.2 Å². The molecule has 2 fully saturated rings. The first-order valence-electron chi connectivity index (χ1n) is 5.94. The van der Waals surface area contributed by atoms with Gasteiger partial charge in [-0.3, -0.25) is 10.1 Å². The minimum absolute atomic E-state index is 0.178. The molecule has 0 aliphatic carbocycles. The normalized spacial score (nSPS) is 27.2. The lowest BCUT2D eigenvalue weighted by Crippen LogP contribution is -2.25. The number of benzene rings is 1. The van der Waals surface area contributed by atoms with Gasteiger partial charge in [0.2, 0.25) is 0 Å². The highest BCUT2D eigenvalue weighted by Gasteiger charge is 2.36. The number of hydrogen-bond donors (Lipinski definition) is 1. The second kappa shape index (κ2) is 4.00. The van der Waals surface area contributed by atoms with E-state index in [1.54, 1.807) is 18.2 Å². The summed E-state index contributed by atoms with van der Waals surface area (Å²) in [6.07, 6.45) is 0. The molecule has 0 unspecified atom stereocenters. The molecule has 5 heteroatoms. The van der Waals surface area contributed by atoms with Crippen LogP contribution >= 0.6 is 0 Å². The first kappa shape index (κ1) is 10.5. The Morgan fingerprint density at radius 2 is 2.00 bits per heavy atom. The number of fused-ring (bicyclic) bond motifs is 1. The quantitative estimate of drug-likeness (QED) is 0.617. The zero-order valence-electron chi connectivity index (χ0n) is 9.50. The van der Waals surface area contributed by atoms with Crippen LogP contribution in [-0.2, 0) is 0 Å². The number of nitro benzene ring substituents is 1. The Hall–Kier alpha value is -1.62.